The van der Waals surface area contributed by atoms with Crippen molar-refractivity contribution in [2.45, 2.75) is 83.3 Å². The fourth-order valence-electron chi connectivity index (χ4n) is 3.63. The molecule has 166 valence electrons. The number of unbranched alkanes of at least 4 members (excludes halogenated alkanes) is 9. The summed E-state index contributed by atoms with van der Waals surface area (Å²) in [6.45, 7) is 2.25. The summed E-state index contributed by atoms with van der Waals surface area (Å²) in [7, 11) is -3.58. The average molecular weight is 432 g/mol. The number of aromatic hydroxyl groups is 1. The zero-order valence-electron chi connectivity index (χ0n) is 18.3. The van der Waals surface area contributed by atoms with Crippen LogP contribution in [-0.4, -0.2) is 13.5 Å². The third-order valence-corrected chi connectivity index (χ3v) is 6.59. The van der Waals surface area contributed by atoms with Crippen LogP contribution in [-0.2, 0) is 22.2 Å². The Kier molecular flexibility index (Phi) is 10.8. The zero-order chi connectivity index (χ0) is 21.7. The number of nitrogens with one attached hydrogen (secondary N) is 1. The van der Waals surface area contributed by atoms with Gasteiger partial charge in [-0.2, -0.15) is 0 Å². The summed E-state index contributed by atoms with van der Waals surface area (Å²) in [5.74, 6) is -0.158. The lowest BCUT2D eigenvalue weighted by Gasteiger charge is -2.11. The number of aryl methyl sites for hydroxylation is 1. The number of rotatable bonds is 15. The van der Waals surface area contributed by atoms with E-state index in [9.17, 15) is 13.5 Å². The standard InChI is InChI=1S/C25H37NO3S/c1-2-3-4-5-6-7-8-9-10-12-15-22-18-19-25(27)24(20-22)26-30(28,29)21-23-16-13-11-14-17-23/h11,13-14,16-20,26-27H,2-10,12,15,21H2,1H3. The Morgan fingerprint density at radius 3 is 2.00 bits per heavy atom. The van der Waals surface area contributed by atoms with Crippen LogP contribution in [0.4, 0.5) is 5.69 Å². The van der Waals surface area contributed by atoms with E-state index in [1.807, 2.05) is 24.3 Å². The first-order valence-corrected chi connectivity index (χ1v) is 13.0. The van der Waals surface area contributed by atoms with E-state index in [2.05, 4.69) is 11.6 Å². The molecule has 0 radical (unpaired) electrons. The SMILES string of the molecule is CCCCCCCCCCCCc1ccc(O)c(NS(=O)(=O)Cc2ccccc2)c1. The molecular weight excluding hydrogens is 394 g/mol. The van der Waals surface area contributed by atoms with Crippen molar-refractivity contribution >= 4 is 15.7 Å². The van der Waals surface area contributed by atoms with Gasteiger partial charge in [-0.1, -0.05) is 101 Å². The van der Waals surface area contributed by atoms with Crippen LogP contribution in [0.5, 0.6) is 5.75 Å². The van der Waals surface area contributed by atoms with Crippen molar-refractivity contribution in [3.05, 3.63) is 59.7 Å². The van der Waals surface area contributed by atoms with Gasteiger partial charge < -0.3 is 5.11 Å². The van der Waals surface area contributed by atoms with Crippen LogP contribution in [0.1, 0.15) is 82.3 Å². The van der Waals surface area contributed by atoms with E-state index in [1.165, 1.54) is 57.8 Å². The highest BCUT2D eigenvalue weighted by atomic mass is 32.2. The average Bonchev–Trinajstić information content (AvgIpc) is 2.72. The number of phenolic OH excluding ortho intramolecular Hbond substituents is 1. The van der Waals surface area contributed by atoms with Gasteiger partial charge >= 0.3 is 0 Å². The Bertz CT molecular complexity index is 835. The first kappa shape index (κ1) is 24.3. The quantitative estimate of drug-likeness (QED) is 0.241. The third-order valence-electron chi connectivity index (χ3n) is 5.34. The number of phenols is 1. The summed E-state index contributed by atoms with van der Waals surface area (Å²) in [4.78, 5) is 0. The molecule has 0 aliphatic rings. The van der Waals surface area contributed by atoms with Crippen molar-refractivity contribution in [1.82, 2.24) is 0 Å². The molecule has 0 unspecified atom stereocenters. The maximum absolute atomic E-state index is 12.5. The smallest absolute Gasteiger partial charge is 0.237 e. The monoisotopic (exact) mass is 431 g/mol. The van der Waals surface area contributed by atoms with E-state index >= 15 is 0 Å². The molecule has 0 saturated carbocycles. The van der Waals surface area contributed by atoms with E-state index in [-0.39, 0.29) is 17.2 Å². The maximum Gasteiger partial charge on any atom is 0.237 e. The van der Waals surface area contributed by atoms with Crippen LogP contribution >= 0.6 is 0 Å². The molecule has 0 amide bonds. The molecule has 0 fully saturated rings. The molecule has 0 spiro atoms. The lowest BCUT2D eigenvalue weighted by molar-refractivity contribution is 0.477. The van der Waals surface area contributed by atoms with Gasteiger partial charge in [0, 0.05) is 0 Å². The van der Waals surface area contributed by atoms with E-state index in [0.717, 1.165) is 18.4 Å². The minimum atomic E-state index is -3.58. The van der Waals surface area contributed by atoms with Gasteiger partial charge in [0.05, 0.1) is 11.4 Å². The minimum Gasteiger partial charge on any atom is -0.506 e. The van der Waals surface area contributed by atoms with E-state index in [1.54, 1.807) is 24.3 Å². The number of anilines is 1. The Morgan fingerprint density at radius 1 is 0.767 bits per heavy atom. The summed E-state index contributed by atoms with van der Waals surface area (Å²) in [5, 5.41) is 10.1. The van der Waals surface area contributed by atoms with Gasteiger partial charge in [-0.05, 0) is 36.1 Å². The molecule has 0 bridgehead atoms. The van der Waals surface area contributed by atoms with Gasteiger partial charge in [0.1, 0.15) is 5.75 Å². The molecule has 2 rings (SSSR count). The van der Waals surface area contributed by atoms with Crippen LogP contribution in [0.3, 0.4) is 0 Å². The van der Waals surface area contributed by atoms with Gasteiger partial charge in [-0.3, -0.25) is 4.72 Å². The van der Waals surface area contributed by atoms with Crippen molar-refractivity contribution in [2.24, 2.45) is 0 Å². The van der Waals surface area contributed by atoms with Crippen molar-refractivity contribution in [2.75, 3.05) is 4.72 Å². The van der Waals surface area contributed by atoms with Gasteiger partial charge in [-0.25, -0.2) is 8.42 Å². The number of benzene rings is 2. The molecule has 0 aliphatic carbocycles. The number of sulfonamides is 1. The largest absolute Gasteiger partial charge is 0.506 e. The first-order valence-electron chi connectivity index (χ1n) is 11.4. The Labute approximate surface area is 182 Å². The molecule has 0 aliphatic heterocycles. The summed E-state index contributed by atoms with van der Waals surface area (Å²) < 4.78 is 27.4. The van der Waals surface area contributed by atoms with Crippen molar-refractivity contribution in [3.63, 3.8) is 0 Å². The second-order valence-corrected chi connectivity index (χ2v) is 9.85. The highest BCUT2D eigenvalue weighted by Crippen LogP contribution is 2.27. The van der Waals surface area contributed by atoms with Gasteiger partial charge in [0.15, 0.2) is 0 Å². The Hall–Kier alpha value is -2.01. The lowest BCUT2D eigenvalue weighted by atomic mass is 10.0. The molecule has 2 N–H and O–H groups in total. The molecule has 4 nitrogen and oxygen atoms in total. The van der Waals surface area contributed by atoms with Gasteiger partial charge in [0.25, 0.3) is 0 Å². The first-order chi connectivity index (χ1) is 14.5. The highest BCUT2D eigenvalue weighted by molar-refractivity contribution is 7.91. The summed E-state index contributed by atoms with van der Waals surface area (Å²) in [6.07, 6.45) is 13.8. The molecule has 0 heterocycles. The van der Waals surface area contributed by atoms with Gasteiger partial charge in [0.2, 0.25) is 10.0 Å². The summed E-state index contributed by atoms with van der Waals surface area (Å²) in [5.41, 5.74) is 2.02. The van der Waals surface area contributed by atoms with Crippen LogP contribution in [0.2, 0.25) is 0 Å². The second-order valence-electron chi connectivity index (χ2n) is 8.13. The van der Waals surface area contributed by atoms with E-state index in [4.69, 9.17) is 0 Å². The predicted octanol–water partition coefficient (Wildman–Crippen LogP) is 6.80. The normalized spacial score (nSPS) is 11.5. The van der Waals surface area contributed by atoms with Gasteiger partial charge in [-0.15, -0.1) is 0 Å². The molecule has 0 aromatic heterocycles. The fraction of sp³-hybridized carbons (Fsp3) is 0.520. The molecule has 5 heteroatoms. The lowest BCUT2D eigenvalue weighted by Crippen LogP contribution is -2.15. The molecule has 2 aromatic rings. The topological polar surface area (TPSA) is 66.4 Å². The van der Waals surface area contributed by atoms with Crippen molar-refractivity contribution in [3.8, 4) is 5.75 Å². The van der Waals surface area contributed by atoms with Crippen molar-refractivity contribution in [1.29, 1.82) is 0 Å². The van der Waals surface area contributed by atoms with Crippen LogP contribution in [0.25, 0.3) is 0 Å². The molecule has 30 heavy (non-hydrogen) atoms. The van der Waals surface area contributed by atoms with Crippen molar-refractivity contribution < 1.29 is 13.5 Å². The minimum absolute atomic E-state index is 0.0431. The molecular formula is C25H37NO3S. The third kappa shape index (κ3) is 9.66. The Balaban J connectivity index is 1.74. The van der Waals surface area contributed by atoms with E-state index in [0.29, 0.717) is 5.56 Å². The van der Waals surface area contributed by atoms with Crippen LogP contribution in [0.15, 0.2) is 48.5 Å². The number of hydrogen-bond donors (Lipinski definition) is 2. The Morgan fingerprint density at radius 2 is 1.37 bits per heavy atom. The number of hydrogen-bond acceptors (Lipinski definition) is 3. The zero-order valence-corrected chi connectivity index (χ0v) is 19.1. The summed E-state index contributed by atoms with van der Waals surface area (Å²) >= 11 is 0. The molecule has 2 aromatic carbocycles. The summed E-state index contributed by atoms with van der Waals surface area (Å²) in [6, 6.07) is 14.2. The maximum atomic E-state index is 12.5. The molecule has 0 atom stereocenters. The predicted molar refractivity (Wildman–Crippen MR) is 126 cm³/mol. The van der Waals surface area contributed by atoms with Crippen LogP contribution < -0.4 is 4.72 Å². The fourth-order valence-corrected chi connectivity index (χ4v) is 4.84. The highest BCUT2D eigenvalue weighted by Gasteiger charge is 2.14. The van der Waals surface area contributed by atoms with E-state index < -0.39 is 10.0 Å². The molecule has 0 saturated heterocycles. The second kappa shape index (κ2) is 13.3. The van der Waals surface area contributed by atoms with Crippen LogP contribution in [0, 0.1) is 0 Å².